The third-order valence-corrected chi connectivity index (χ3v) is 3.82. The molecule has 3 unspecified atom stereocenters. The number of aromatic nitrogens is 2. The molecule has 2 N–H and O–H groups in total. The fourth-order valence-corrected chi connectivity index (χ4v) is 2.82. The van der Waals surface area contributed by atoms with Crippen LogP contribution in [0.2, 0.25) is 0 Å². The van der Waals surface area contributed by atoms with Gasteiger partial charge in [-0.15, -0.1) is 0 Å². The van der Waals surface area contributed by atoms with Crippen molar-refractivity contribution in [3.63, 3.8) is 0 Å². The number of hydrogen-bond donors (Lipinski definition) is 1. The van der Waals surface area contributed by atoms with E-state index in [2.05, 4.69) is 30.0 Å². The summed E-state index contributed by atoms with van der Waals surface area (Å²) in [5.74, 6) is 0. The van der Waals surface area contributed by atoms with Crippen molar-refractivity contribution in [1.29, 1.82) is 0 Å². The number of ether oxygens (including phenoxy) is 1. The van der Waals surface area contributed by atoms with E-state index in [9.17, 15) is 0 Å². The second kappa shape index (κ2) is 6.50. The van der Waals surface area contributed by atoms with Gasteiger partial charge in [0.05, 0.1) is 18.3 Å². The third kappa shape index (κ3) is 3.55. The van der Waals surface area contributed by atoms with Crippen LogP contribution < -0.4 is 5.73 Å². The average molecular weight is 266 g/mol. The Labute approximate surface area is 115 Å². The summed E-state index contributed by atoms with van der Waals surface area (Å²) in [4.78, 5) is 2.46. The topological polar surface area (TPSA) is 56.3 Å². The van der Waals surface area contributed by atoms with Crippen molar-refractivity contribution in [2.24, 2.45) is 12.8 Å². The Morgan fingerprint density at radius 1 is 1.58 bits per heavy atom. The van der Waals surface area contributed by atoms with Crippen LogP contribution in [-0.4, -0.2) is 46.5 Å². The van der Waals surface area contributed by atoms with Gasteiger partial charge in [-0.1, -0.05) is 6.92 Å². The van der Waals surface area contributed by atoms with E-state index in [-0.39, 0.29) is 18.2 Å². The summed E-state index contributed by atoms with van der Waals surface area (Å²) in [7, 11) is 1.95. The minimum absolute atomic E-state index is 0.134. The van der Waals surface area contributed by atoms with Crippen LogP contribution in [0.15, 0.2) is 12.4 Å². The van der Waals surface area contributed by atoms with Gasteiger partial charge in [0.1, 0.15) is 0 Å². The van der Waals surface area contributed by atoms with E-state index >= 15 is 0 Å². The highest BCUT2D eigenvalue weighted by Crippen LogP contribution is 2.26. The smallest absolute Gasteiger partial charge is 0.0674 e. The van der Waals surface area contributed by atoms with Crippen LogP contribution in [0, 0.1) is 0 Å². The molecular formula is C14H26N4O. The summed E-state index contributed by atoms with van der Waals surface area (Å²) >= 11 is 0. The minimum atomic E-state index is 0.134. The first kappa shape index (κ1) is 14.5. The summed E-state index contributed by atoms with van der Waals surface area (Å²) in [6.07, 6.45) is 6.32. The molecule has 1 saturated heterocycles. The molecule has 0 radical (unpaired) electrons. The van der Waals surface area contributed by atoms with Gasteiger partial charge in [0.25, 0.3) is 0 Å². The molecule has 1 aromatic heterocycles. The number of aryl methyl sites for hydroxylation is 1. The third-order valence-electron chi connectivity index (χ3n) is 3.82. The predicted molar refractivity (Wildman–Crippen MR) is 75.8 cm³/mol. The van der Waals surface area contributed by atoms with Gasteiger partial charge in [-0.05, 0) is 19.8 Å². The first-order chi connectivity index (χ1) is 9.11. The van der Waals surface area contributed by atoms with E-state index in [1.165, 1.54) is 5.56 Å². The van der Waals surface area contributed by atoms with Gasteiger partial charge in [-0.25, -0.2) is 0 Å². The Bertz CT molecular complexity index is 393. The fraction of sp³-hybridized carbons (Fsp3) is 0.786. The highest BCUT2D eigenvalue weighted by Gasteiger charge is 2.29. The number of hydrogen-bond acceptors (Lipinski definition) is 4. The highest BCUT2D eigenvalue weighted by atomic mass is 16.5. The number of nitrogens with zero attached hydrogens (tertiary/aromatic N) is 3. The lowest BCUT2D eigenvalue weighted by Crippen LogP contribution is -2.43. The Morgan fingerprint density at radius 2 is 2.37 bits per heavy atom. The normalized spacial score (nSPS) is 24.9. The van der Waals surface area contributed by atoms with E-state index in [1.54, 1.807) is 0 Å². The molecule has 0 aliphatic carbocycles. The summed E-state index contributed by atoms with van der Waals surface area (Å²) in [6.45, 7) is 7.10. The van der Waals surface area contributed by atoms with Crippen LogP contribution >= 0.6 is 0 Å². The minimum Gasteiger partial charge on any atom is -0.377 e. The van der Waals surface area contributed by atoms with Gasteiger partial charge in [-0.2, -0.15) is 5.10 Å². The Morgan fingerprint density at radius 3 is 3.00 bits per heavy atom. The molecule has 3 atom stereocenters. The van der Waals surface area contributed by atoms with Gasteiger partial charge in [-0.3, -0.25) is 9.58 Å². The number of rotatable bonds is 4. The van der Waals surface area contributed by atoms with Crippen LogP contribution in [-0.2, 0) is 11.8 Å². The molecule has 0 amide bonds. The summed E-state index contributed by atoms with van der Waals surface area (Å²) in [5.41, 5.74) is 7.58. The first-order valence-corrected chi connectivity index (χ1v) is 7.21. The molecule has 0 saturated carbocycles. The van der Waals surface area contributed by atoms with Crippen molar-refractivity contribution in [3.05, 3.63) is 18.0 Å². The fourth-order valence-electron chi connectivity index (χ4n) is 2.82. The van der Waals surface area contributed by atoms with Crippen LogP contribution in [0.25, 0.3) is 0 Å². The van der Waals surface area contributed by atoms with Gasteiger partial charge in [0, 0.05) is 44.5 Å². The molecule has 0 bridgehead atoms. The van der Waals surface area contributed by atoms with E-state index in [4.69, 9.17) is 10.5 Å². The molecule has 0 aromatic carbocycles. The average Bonchev–Trinajstić information content (AvgIpc) is 2.68. The Hall–Kier alpha value is -0.910. The van der Waals surface area contributed by atoms with Gasteiger partial charge in [0.15, 0.2) is 0 Å². The molecule has 19 heavy (non-hydrogen) atoms. The molecule has 5 nitrogen and oxygen atoms in total. The van der Waals surface area contributed by atoms with Crippen molar-refractivity contribution < 1.29 is 4.74 Å². The van der Waals surface area contributed by atoms with E-state index < -0.39 is 0 Å². The zero-order valence-electron chi connectivity index (χ0n) is 12.2. The van der Waals surface area contributed by atoms with Gasteiger partial charge >= 0.3 is 0 Å². The SMILES string of the molecule is CCC(N)C(c1cnn(C)c1)N1CCCOC(C)C1. The quantitative estimate of drug-likeness (QED) is 0.892. The molecule has 2 heterocycles. The van der Waals surface area contributed by atoms with Crippen molar-refractivity contribution in [2.75, 3.05) is 19.7 Å². The summed E-state index contributed by atoms with van der Waals surface area (Å²) in [6, 6.07) is 0.373. The highest BCUT2D eigenvalue weighted by molar-refractivity contribution is 5.13. The van der Waals surface area contributed by atoms with E-state index in [1.807, 2.05) is 17.9 Å². The van der Waals surface area contributed by atoms with Crippen LogP contribution in [0.4, 0.5) is 0 Å². The molecule has 108 valence electrons. The lowest BCUT2D eigenvalue weighted by Gasteiger charge is -2.34. The zero-order valence-corrected chi connectivity index (χ0v) is 12.2. The van der Waals surface area contributed by atoms with E-state index in [0.717, 1.165) is 32.5 Å². The van der Waals surface area contributed by atoms with Crippen molar-refractivity contribution in [1.82, 2.24) is 14.7 Å². The Kier molecular flexibility index (Phi) is 4.96. The maximum absolute atomic E-state index is 6.37. The maximum Gasteiger partial charge on any atom is 0.0674 e. The molecular weight excluding hydrogens is 240 g/mol. The standard InChI is InChI=1S/C14H26N4O/c1-4-13(15)14(12-8-16-17(3)10-12)18-6-5-7-19-11(2)9-18/h8,10-11,13-14H,4-7,9,15H2,1-3H3. The second-order valence-electron chi connectivity index (χ2n) is 5.49. The van der Waals surface area contributed by atoms with Crippen molar-refractivity contribution in [2.45, 2.75) is 44.9 Å². The summed E-state index contributed by atoms with van der Waals surface area (Å²) in [5, 5.41) is 4.29. The van der Waals surface area contributed by atoms with Crippen LogP contribution in [0.3, 0.4) is 0 Å². The Balaban J connectivity index is 2.21. The van der Waals surface area contributed by atoms with Gasteiger partial charge < -0.3 is 10.5 Å². The predicted octanol–water partition coefficient (Wildman–Crippen LogP) is 1.31. The maximum atomic E-state index is 6.37. The molecule has 1 aromatic rings. The lowest BCUT2D eigenvalue weighted by molar-refractivity contribution is 0.0575. The zero-order chi connectivity index (χ0) is 13.8. The van der Waals surface area contributed by atoms with E-state index in [0.29, 0.717) is 0 Å². The molecule has 1 fully saturated rings. The van der Waals surface area contributed by atoms with Gasteiger partial charge in [0.2, 0.25) is 0 Å². The monoisotopic (exact) mass is 266 g/mol. The van der Waals surface area contributed by atoms with Crippen LogP contribution in [0.1, 0.15) is 38.3 Å². The van der Waals surface area contributed by atoms with Crippen molar-refractivity contribution >= 4 is 0 Å². The second-order valence-corrected chi connectivity index (χ2v) is 5.49. The lowest BCUT2D eigenvalue weighted by atomic mass is 9.98. The van der Waals surface area contributed by atoms with Crippen LogP contribution in [0.5, 0.6) is 0 Å². The molecule has 5 heteroatoms. The van der Waals surface area contributed by atoms with Crippen molar-refractivity contribution in [3.8, 4) is 0 Å². The molecule has 1 aliphatic rings. The largest absolute Gasteiger partial charge is 0.377 e. The molecule has 1 aliphatic heterocycles. The molecule has 0 spiro atoms. The number of nitrogens with two attached hydrogens (primary N) is 1. The molecule has 2 rings (SSSR count). The summed E-state index contributed by atoms with van der Waals surface area (Å²) < 4.78 is 7.58. The first-order valence-electron chi connectivity index (χ1n) is 7.21.